The zero-order valence-electron chi connectivity index (χ0n) is 9.27. The summed E-state index contributed by atoms with van der Waals surface area (Å²) in [7, 11) is 1.60. The maximum atomic E-state index is 11.8. The van der Waals surface area contributed by atoms with Gasteiger partial charge in [-0.15, -0.1) is 0 Å². The molecule has 1 N–H and O–H groups in total. The maximum absolute atomic E-state index is 11.8. The first-order chi connectivity index (χ1) is 7.06. The molecule has 5 heteroatoms. The van der Waals surface area contributed by atoms with Crippen LogP contribution in [0.4, 0.5) is 0 Å². The Morgan fingerprint density at radius 3 is 2.73 bits per heavy atom. The Bertz CT molecular complexity index is 255. The van der Waals surface area contributed by atoms with Crippen LogP contribution in [0.15, 0.2) is 0 Å². The maximum Gasteiger partial charge on any atom is 0.242 e. The largest absolute Gasteiger partial charge is 0.394 e. The number of hydrogen-bond donors (Lipinski definition) is 1. The molecule has 0 spiro atoms. The van der Waals surface area contributed by atoms with Gasteiger partial charge in [-0.2, -0.15) is 0 Å². The van der Waals surface area contributed by atoms with Gasteiger partial charge >= 0.3 is 0 Å². The third-order valence-corrected chi connectivity index (χ3v) is 2.82. The molecule has 1 unspecified atom stereocenters. The predicted octanol–water partition coefficient (Wildman–Crippen LogP) is -0.552. The average Bonchev–Trinajstić information content (AvgIpc) is 2.64. The SMILES string of the molecule is CC(=O)N(C)CC(=O)N1CCCC1CO. The van der Waals surface area contributed by atoms with E-state index >= 15 is 0 Å². The van der Waals surface area contributed by atoms with E-state index in [1.54, 1.807) is 11.9 Å². The number of likely N-dealkylation sites (N-methyl/N-ethyl adjacent to an activating group) is 1. The van der Waals surface area contributed by atoms with E-state index in [1.165, 1.54) is 11.8 Å². The molecule has 1 aliphatic heterocycles. The Morgan fingerprint density at radius 2 is 2.20 bits per heavy atom. The lowest BCUT2D eigenvalue weighted by atomic mass is 10.2. The fourth-order valence-electron chi connectivity index (χ4n) is 1.76. The molecule has 1 saturated heterocycles. The van der Waals surface area contributed by atoms with Gasteiger partial charge in [0.2, 0.25) is 11.8 Å². The molecule has 5 nitrogen and oxygen atoms in total. The van der Waals surface area contributed by atoms with E-state index in [0.717, 1.165) is 12.8 Å². The Hall–Kier alpha value is -1.10. The molecule has 2 amide bonds. The molecule has 0 aromatic heterocycles. The molecule has 1 fully saturated rings. The van der Waals surface area contributed by atoms with Gasteiger partial charge in [-0.05, 0) is 12.8 Å². The summed E-state index contributed by atoms with van der Waals surface area (Å²) >= 11 is 0. The summed E-state index contributed by atoms with van der Waals surface area (Å²) in [6, 6.07) is -0.0575. The molecule has 1 heterocycles. The lowest BCUT2D eigenvalue weighted by molar-refractivity contribution is -0.139. The number of nitrogens with zero attached hydrogens (tertiary/aromatic N) is 2. The molecule has 0 bridgehead atoms. The highest BCUT2D eigenvalue weighted by Crippen LogP contribution is 2.16. The third kappa shape index (κ3) is 2.92. The molecular weight excluding hydrogens is 196 g/mol. The van der Waals surface area contributed by atoms with E-state index < -0.39 is 0 Å². The van der Waals surface area contributed by atoms with Crippen LogP contribution < -0.4 is 0 Å². The molecule has 15 heavy (non-hydrogen) atoms. The highest BCUT2D eigenvalue weighted by atomic mass is 16.3. The minimum absolute atomic E-state index is 0.00945. The van der Waals surface area contributed by atoms with Crippen molar-refractivity contribution in [1.29, 1.82) is 0 Å². The first-order valence-corrected chi connectivity index (χ1v) is 5.18. The minimum Gasteiger partial charge on any atom is -0.394 e. The molecule has 0 aromatic carbocycles. The van der Waals surface area contributed by atoms with Crippen molar-refractivity contribution in [2.75, 3.05) is 26.7 Å². The molecule has 86 valence electrons. The molecule has 0 aromatic rings. The smallest absolute Gasteiger partial charge is 0.242 e. The zero-order chi connectivity index (χ0) is 11.4. The minimum atomic E-state index is -0.122. The molecule has 0 radical (unpaired) electrons. The van der Waals surface area contributed by atoms with Crippen molar-refractivity contribution in [1.82, 2.24) is 9.80 Å². The number of aliphatic hydroxyl groups excluding tert-OH is 1. The van der Waals surface area contributed by atoms with E-state index in [0.29, 0.717) is 6.54 Å². The number of rotatable bonds is 3. The summed E-state index contributed by atoms with van der Waals surface area (Å²) in [5, 5.41) is 9.05. The van der Waals surface area contributed by atoms with E-state index in [2.05, 4.69) is 0 Å². The second kappa shape index (κ2) is 5.11. The molecule has 0 aliphatic carbocycles. The van der Waals surface area contributed by atoms with Gasteiger partial charge in [0.15, 0.2) is 0 Å². The number of likely N-dealkylation sites (tertiary alicyclic amines) is 1. The second-order valence-electron chi connectivity index (χ2n) is 3.94. The number of amides is 2. The van der Waals surface area contributed by atoms with Crippen LogP contribution in [0.5, 0.6) is 0 Å². The van der Waals surface area contributed by atoms with Crippen molar-refractivity contribution in [2.45, 2.75) is 25.8 Å². The van der Waals surface area contributed by atoms with Crippen molar-refractivity contribution in [3.8, 4) is 0 Å². The van der Waals surface area contributed by atoms with Crippen LogP contribution in [0.1, 0.15) is 19.8 Å². The van der Waals surface area contributed by atoms with Gasteiger partial charge in [0.05, 0.1) is 19.2 Å². The summed E-state index contributed by atoms with van der Waals surface area (Å²) in [6.07, 6.45) is 1.78. The van der Waals surface area contributed by atoms with Crippen LogP contribution in [0.25, 0.3) is 0 Å². The topological polar surface area (TPSA) is 60.9 Å². The summed E-state index contributed by atoms with van der Waals surface area (Å²) in [6.45, 7) is 2.23. The predicted molar refractivity (Wildman–Crippen MR) is 55.1 cm³/mol. The lowest BCUT2D eigenvalue weighted by Crippen LogP contribution is -2.44. The molecule has 1 atom stereocenters. The first kappa shape index (κ1) is 12.0. The van der Waals surface area contributed by atoms with E-state index in [1.807, 2.05) is 0 Å². The monoisotopic (exact) mass is 214 g/mol. The van der Waals surface area contributed by atoms with Crippen molar-refractivity contribution >= 4 is 11.8 Å². The first-order valence-electron chi connectivity index (χ1n) is 5.18. The van der Waals surface area contributed by atoms with Crippen molar-refractivity contribution in [3.63, 3.8) is 0 Å². The van der Waals surface area contributed by atoms with E-state index in [9.17, 15) is 9.59 Å². The normalized spacial score (nSPS) is 20.5. The zero-order valence-corrected chi connectivity index (χ0v) is 9.27. The number of carbonyl (C=O) groups excluding carboxylic acids is 2. The van der Waals surface area contributed by atoms with Crippen LogP contribution in [0.2, 0.25) is 0 Å². The molecule has 1 aliphatic rings. The Morgan fingerprint density at radius 1 is 1.53 bits per heavy atom. The van der Waals surface area contributed by atoms with Crippen molar-refractivity contribution in [3.05, 3.63) is 0 Å². The van der Waals surface area contributed by atoms with Gasteiger partial charge < -0.3 is 14.9 Å². The molecular formula is C10H18N2O3. The lowest BCUT2D eigenvalue weighted by Gasteiger charge is -2.25. The van der Waals surface area contributed by atoms with Gasteiger partial charge in [0.1, 0.15) is 0 Å². The summed E-state index contributed by atoms with van der Waals surface area (Å²) < 4.78 is 0. The van der Waals surface area contributed by atoms with Gasteiger partial charge in [-0.1, -0.05) is 0 Å². The summed E-state index contributed by atoms with van der Waals surface area (Å²) in [5.74, 6) is -0.202. The Balaban J connectivity index is 2.49. The standard InChI is InChI=1S/C10H18N2O3/c1-8(14)11(2)6-10(15)12-5-3-4-9(12)7-13/h9,13H,3-7H2,1-2H3. The fraction of sp³-hybridized carbons (Fsp3) is 0.800. The highest BCUT2D eigenvalue weighted by Gasteiger charge is 2.28. The number of aliphatic hydroxyl groups is 1. The average molecular weight is 214 g/mol. The van der Waals surface area contributed by atoms with Crippen LogP contribution in [-0.2, 0) is 9.59 Å². The van der Waals surface area contributed by atoms with Gasteiger partial charge in [-0.25, -0.2) is 0 Å². The highest BCUT2D eigenvalue weighted by molar-refractivity contribution is 5.84. The molecule has 1 rings (SSSR count). The summed E-state index contributed by atoms with van der Waals surface area (Å²) in [4.78, 5) is 25.8. The van der Waals surface area contributed by atoms with Gasteiger partial charge in [-0.3, -0.25) is 9.59 Å². The summed E-state index contributed by atoms with van der Waals surface area (Å²) in [5.41, 5.74) is 0. The Kier molecular flexibility index (Phi) is 4.08. The number of hydrogen-bond acceptors (Lipinski definition) is 3. The van der Waals surface area contributed by atoms with Gasteiger partial charge in [0.25, 0.3) is 0 Å². The van der Waals surface area contributed by atoms with Crippen LogP contribution >= 0.6 is 0 Å². The fourth-order valence-corrected chi connectivity index (χ4v) is 1.76. The van der Waals surface area contributed by atoms with E-state index in [-0.39, 0.29) is 31.0 Å². The van der Waals surface area contributed by atoms with Crippen molar-refractivity contribution in [2.24, 2.45) is 0 Å². The van der Waals surface area contributed by atoms with Crippen molar-refractivity contribution < 1.29 is 14.7 Å². The van der Waals surface area contributed by atoms with Crippen LogP contribution in [0, 0.1) is 0 Å². The Labute approximate surface area is 89.7 Å². The van der Waals surface area contributed by atoms with Crippen LogP contribution in [-0.4, -0.2) is 59.5 Å². The second-order valence-corrected chi connectivity index (χ2v) is 3.94. The van der Waals surface area contributed by atoms with E-state index in [4.69, 9.17) is 5.11 Å². The third-order valence-electron chi connectivity index (χ3n) is 2.82. The quantitative estimate of drug-likeness (QED) is 0.685. The molecule has 0 saturated carbocycles. The van der Waals surface area contributed by atoms with Crippen LogP contribution in [0.3, 0.4) is 0 Å². The van der Waals surface area contributed by atoms with Gasteiger partial charge in [0, 0.05) is 20.5 Å². The number of carbonyl (C=O) groups is 2.